The van der Waals surface area contributed by atoms with Crippen molar-refractivity contribution >= 4 is 53.3 Å². The van der Waals surface area contributed by atoms with Gasteiger partial charge >= 0.3 is 5.97 Å². The average molecular weight is 620 g/mol. The van der Waals surface area contributed by atoms with E-state index in [-0.39, 0.29) is 5.41 Å². The van der Waals surface area contributed by atoms with Crippen molar-refractivity contribution in [2.75, 3.05) is 12.9 Å². The normalized spacial score (nSPS) is 13.6. The lowest BCUT2D eigenvalue weighted by molar-refractivity contribution is -0.138. The number of fused-ring (bicyclic) bond motifs is 1. The quantitative estimate of drug-likeness (QED) is 0.134. The Morgan fingerprint density at radius 2 is 1.70 bits per heavy atom. The minimum atomic E-state index is -0.816. The smallest absolute Gasteiger partial charge is 0.303 e. The van der Waals surface area contributed by atoms with Crippen LogP contribution in [0.3, 0.4) is 0 Å². The zero-order valence-corrected chi connectivity index (χ0v) is 26.8. The van der Waals surface area contributed by atoms with Crippen LogP contribution < -0.4 is 0 Å². The van der Waals surface area contributed by atoms with Gasteiger partial charge in [-0.05, 0) is 104 Å². The molecule has 5 rings (SSSR count). The number of hydrogen-bond donors (Lipinski definition) is 4. The van der Waals surface area contributed by atoms with E-state index in [2.05, 4.69) is 55.1 Å². The summed E-state index contributed by atoms with van der Waals surface area (Å²) < 4.78 is 0. The second kappa shape index (κ2) is 16.1. The number of carboxylic acid groups (broad SMARTS) is 1. The maximum absolute atomic E-state index is 10.4. The predicted octanol–water partition coefficient (Wildman–Crippen LogP) is 8.24. The fourth-order valence-electron chi connectivity index (χ4n) is 4.94. The molecular formula is C36H42ClNO4S. The number of aromatic nitrogens is 1. The molecule has 3 aromatic carbocycles. The molecule has 0 radical (unpaired) electrons. The SMILES string of the molecule is CC(C)(O)c1ccccc1CCCc1cccc(/C=C/c2ccc3ccc(Cl)cc3n2)c1.CO.O=C(O)CC1(CS)CC1. The molecule has 3 N–H and O–H groups in total. The zero-order chi connectivity index (χ0) is 31.5. The molecule has 0 saturated heterocycles. The summed E-state index contributed by atoms with van der Waals surface area (Å²) in [4.78, 5) is 14.9. The van der Waals surface area contributed by atoms with E-state index in [9.17, 15) is 9.90 Å². The summed E-state index contributed by atoms with van der Waals surface area (Å²) >= 11 is 10.2. The number of aliphatic hydroxyl groups excluding tert-OH is 1. The summed E-state index contributed by atoms with van der Waals surface area (Å²) in [5.41, 5.74) is 5.78. The first kappa shape index (κ1) is 34.3. The van der Waals surface area contributed by atoms with Gasteiger partial charge in [0.05, 0.1) is 23.2 Å². The van der Waals surface area contributed by atoms with Gasteiger partial charge in [-0.25, -0.2) is 4.98 Å². The summed E-state index contributed by atoms with van der Waals surface area (Å²) in [6.07, 6.45) is 9.51. The van der Waals surface area contributed by atoms with E-state index in [1.54, 1.807) is 0 Å². The summed E-state index contributed by atoms with van der Waals surface area (Å²) in [6, 6.07) is 26.7. The Bertz CT molecular complexity index is 1530. The first-order valence-electron chi connectivity index (χ1n) is 14.5. The summed E-state index contributed by atoms with van der Waals surface area (Å²) in [6.45, 7) is 3.70. The van der Waals surface area contributed by atoms with E-state index in [0.29, 0.717) is 11.4 Å². The molecule has 228 valence electrons. The van der Waals surface area contributed by atoms with Crippen LogP contribution in [0, 0.1) is 5.41 Å². The molecule has 1 aliphatic carbocycles. The molecule has 0 spiro atoms. The van der Waals surface area contributed by atoms with Gasteiger partial charge in [-0.1, -0.05) is 78.3 Å². The van der Waals surface area contributed by atoms with Gasteiger partial charge < -0.3 is 15.3 Å². The highest BCUT2D eigenvalue weighted by Gasteiger charge is 2.42. The number of halogens is 1. The number of carbonyl (C=O) groups is 1. The summed E-state index contributed by atoms with van der Waals surface area (Å²) in [5, 5.41) is 27.6. The molecule has 1 aromatic heterocycles. The van der Waals surface area contributed by atoms with E-state index in [0.717, 1.165) is 72.7 Å². The average Bonchev–Trinajstić information content (AvgIpc) is 3.76. The van der Waals surface area contributed by atoms with Crippen LogP contribution in [-0.4, -0.2) is 39.1 Å². The van der Waals surface area contributed by atoms with Crippen LogP contribution in [0.25, 0.3) is 23.1 Å². The van der Waals surface area contributed by atoms with Crippen molar-refractivity contribution in [1.82, 2.24) is 4.98 Å². The molecule has 0 unspecified atom stereocenters. The van der Waals surface area contributed by atoms with Crippen molar-refractivity contribution in [2.24, 2.45) is 5.41 Å². The minimum Gasteiger partial charge on any atom is -0.481 e. The minimum absolute atomic E-state index is 0.0783. The Morgan fingerprint density at radius 3 is 2.35 bits per heavy atom. The highest BCUT2D eigenvalue weighted by atomic mass is 35.5. The van der Waals surface area contributed by atoms with E-state index < -0.39 is 11.6 Å². The lowest BCUT2D eigenvalue weighted by Gasteiger charge is -2.21. The molecule has 1 fully saturated rings. The van der Waals surface area contributed by atoms with E-state index in [1.807, 2.05) is 62.4 Å². The van der Waals surface area contributed by atoms with Crippen LogP contribution in [0.4, 0.5) is 0 Å². The molecule has 0 bridgehead atoms. The van der Waals surface area contributed by atoms with Crippen LogP contribution >= 0.6 is 24.2 Å². The topological polar surface area (TPSA) is 90.7 Å². The van der Waals surface area contributed by atoms with E-state index in [4.69, 9.17) is 26.8 Å². The number of carboxylic acids is 1. The third kappa shape index (κ3) is 10.8. The van der Waals surface area contributed by atoms with Gasteiger partial charge in [-0.3, -0.25) is 4.79 Å². The molecule has 7 heteroatoms. The number of aliphatic hydroxyl groups is 2. The number of rotatable bonds is 10. The van der Waals surface area contributed by atoms with Crippen LogP contribution in [0.1, 0.15) is 67.5 Å². The van der Waals surface area contributed by atoms with E-state index in [1.165, 1.54) is 11.1 Å². The van der Waals surface area contributed by atoms with Gasteiger partial charge in [0.1, 0.15) is 0 Å². The van der Waals surface area contributed by atoms with E-state index >= 15 is 0 Å². The Morgan fingerprint density at radius 1 is 0.977 bits per heavy atom. The number of aliphatic carboxylic acids is 1. The summed E-state index contributed by atoms with van der Waals surface area (Å²) in [5.74, 6) is 0.0285. The second-order valence-corrected chi connectivity index (χ2v) is 12.2. The van der Waals surface area contributed by atoms with Gasteiger partial charge in [0.15, 0.2) is 0 Å². The van der Waals surface area contributed by atoms with Crippen molar-refractivity contribution in [2.45, 2.75) is 58.0 Å². The third-order valence-electron chi connectivity index (χ3n) is 7.48. The fraction of sp³-hybridized carbons (Fsp3) is 0.333. The number of aryl methyl sites for hydroxylation is 2. The van der Waals surface area contributed by atoms with Crippen LogP contribution in [0.5, 0.6) is 0 Å². The first-order chi connectivity index (χ1) is 20.6. The predicted molar refractivity (Wildman–Crippen MR) is 182 cm³/mol. The zero-order valence-electron chi connectivity index (χ0n) is 25.1. The van der Waals surface area contributed by atoms with Crippen LogP contribution in [0.15, 0.2) is 78.9 Å². The first-order valence-corrected chi connectivity index (χ1v) is 15.5. The maximum Gasteiger partial charge on any atom is 0.303 e. The number of benzene rings is 3. The van der Waals surface area contributed by atoms with Gasteiger partial charge in [0, 0.05) is 17.5 Å². The van der Waals surface area contributed by atoms with Gasteiger partial charge in [-0.2, -0.15) is 12.6 Å². The monoisotopic (exact) mass is 619 g/mol. The van der Waals surface area contributed by atoms with Crippen molar-refractivity contribution in [3.63, 3.8) is 0 Å². The highest BCUT2D eigenvalue weighted by Crippen LogP contribution is 2.49. The molecule has 5 nitrogen and oxygen atoms in total. The lowest BCUT2D eigenvalue weighted by atomic mass is 9.90. The fourth-order valence-corrected chi connectivity index (χ4v) is 5.53. The number of pyridine rings is 1. The largest absolute Gasteiger partial charge is 0.481 e. The molecule has 0 amide bonds. The number of thiol groups is 1. The molecule has 43 heavy (non-hydrogen) atoms. The van der Waals surface area contributed by atoms with Crippen LogP contribution in [-0.2, 0) is 23.2 Å². The molecule has 0 atom stereocenters. The molecule has 1 saturated carbocycles. The van der Waals surface area contributed by atoms with Crippen molar-refractivity contribution in [1.29, 1.82) is 0 Å². The number of nitrogens with zero attached hydrogens (tertiary/aromatic N) is 1. The van der Waals surface area contributed by atoms with Crippen molar-refractivity contribution in [3.05, 3.63) is 112 Å². The van der Waals surface area contributed by atoms with Crippen molar-refractivity contribution in [3.8, 4) is 0 Å². The van der Waals surface area contributed by atoms with Gasteiger partial charge in [0.2, 0.25) is 0 Å². The standard InChI is InChI=1S/C29H28ClNO.C6H10O2S.CH4O/c1-29(2,32)27-12-4-3-10-23(27)11-6-9-21-7-5-8-22(19-21)13-17-26-18-15-24-14-16-25(30)20-28(24)31-26;7-5(8)3-6(4-9)1-2-6;1-2/h3-5,7-8,10,12-20,32H,6,9,11H2,1-2H3;9H,1-4H2,(H,7,8);2H,1H3/b17-13+;;. The third-order valence-corrected chi connectivity index (χ3v) is 8.39. The Kier molecular flexibility index (Phi) is 12.8. The molecule has 0 aliphatic heterocycles. The Hall–Kier alpha value is -3.16. The van der Waals surface area contributed by atoms with Crippen LogP contribution in [0.2, 0.25) is 5.02 Å². The van der Waals surface area contributed by atoms with Gasteiger partial charge in [0.25, 0.3) is 0 Å². The molecule has 1 heterocycles. The Labute approximate surface area is 265 Å². The highest BCUT2D eigenvalue weighted by molar-refractivity contribution is 7.80. The molecule has 1 aliphatic rings. The molecule has 4 aromatic rings. The maximum atomic E-state index is 10.4. The lowest BCUT2D eigenvalue weighted by Crippen LogP contribution is -2.18. The number of hydrogen-bond acceptors (Lipinski definition) is 5. The second-order valence-electron chi connectivity index (χ2n) is 11.4. The van der Waals surface area contributed by atoms with Crippen molar-refractivity contribution < 1.29 is 20.1 Å². The summed E-state index contributed by atoms with van der Waals surface area (Å²) in [7, 11) is 1.00. The Balaban J connectivity index is 0.000000390. The molecular weight excluding hydrogens is 578 g/mol. The van der Waals surface area contributed by atoms with Gasteiger partial charge in [-0.15, -0.1) is 0 Å².